The third-order valence-corrected chi connectivity index (χ3v) is 3.28. The molecule has 0 aliphatic heterocycles. The van der Waals surface area contributed by atoms with Crippen molar-refractivity contribution in [3.63, 3.8) is 0 Å². The van der Waals surface area contributed by atoms with Gasteiger partial charge in [0, 0.05) is 12.5 Å². The lowest BCUT2D eigenvalue weighted by Crippen LogP contribution is -2.13. The standard InChI is InChI=1S/C9H13N5S2/c1-9(2,3)6-5(16-13-11-6)7-10-8(15)14(4)12-7/h1-4H3,(H,10,12,15). The minimum absolute atomic E-state index is 0.0463. The maximum Gasteiger partial charge on any atom is 0.216 e. The highest BCUT2D eigenvalue weighted by molar-refractivity contribution is 7.71. The summed E-state index contributed by atoms with van der Waals surface area (Å²) >= 11 is 6.41. The quantitative estimate of drug-likeness (QED) is 0.794. The van der Waals surface area contributed by atoms with E-state index in [2.05, 4.69) is 40.4 Å². The summed E-state index contributed by atoms with van der Waals surface area (Å²) in [5.41, 5.74) is 0.900. The molecule has 7 heteroatoms. The predicted octanol–water partition coefficient (Wildman–Crippen LogP) is 2.29. The zero-order valence-electron chi connectivity index (χ0n) is 9.61. The highest BCUT2D eigenvalue weighted by Gasteiger charge is 2.24. The number of rotatable bonds is 1. The normalized spacial score (nSPS) is 12.0. The SMILES string of the molecule is Cn1[nH]c(-c2snnc2C(C)(C)C)nc1=S. The van der Waals surface area contributed by atoms with Crippen molar-refractivity contribution in [2.75, 3.05) is 0 Å². The Morgan fingerprint density at radius 1 is 1.38 bits per heavy atom. The first-order chi connectivity index (χ1) is 7.39. The van der Waals surface area contributed by atoms with E-state index in [0.717, 1.165) is 16.4 Å². The van der Waals surface area contributed by atoms with Gasteiger partial charge in [-0.3, -0.25) is 9.78 Å². The summed E-state index contributed by atoms with van der Waals surface area (Å²) in [6, 6.07) is 0. The van der Waals surface area contributed by atoms with Crippen LogP contribution < -0.4 is 0 Å². The van der Waals surface area contributed by atoms with Crippen LogP contribution in [0.2, 0.25) is 0 Å². The Hall–Kier alpha value is -1.08. The molecule has 2 aromatic heterocycles. The predicted molar refractivity (Wildman–Crippen MR) is 66.0 cm³/mol. The van der Waals surface area contributed by atoms with E-state index in [1.807, 2.05) is 7.05 Å². The van der Waals surface area contributed by atoms with Crippen LogP contribution in [0.5, 0.6) is 0 Å². The topological polar surface area (TPSA) is 59.4 Å². The van der Waals surface area contributed by atoms with E-state index in [0.29, 0.717) is 4.77 Å². The number of H-pyrrole nitrogens is 1. The fourth-order valence-electron chi connectivity index (χ4n) is 1.34. The molecule has 86 valence electrons. The van der Waals surface area contributed by atoms with E-state index >= 15 is 0 Å². The van der Waals surface area contributed by atoms with Crippen LogP contribution in [0.15, 0.2) is 0 Å². The Labute approximate surface area is 103 Å². The van der Waals surface area contributed by atoms with Crippen molar-refractivity contribution < 1.29 is 0 Å². The highest BCUT2D eigenvalue weighted by Crippen LogP contribution is 2.31. The number of aromatic amines is 1. The first-order valence-corrected chi connectivity index (χ1v) is 6.04. The van der Waals surface area contributed by atoms with Crippen LogP contribution in [0.3, 0.4) is 0 Å². The number of hydrogen-bond donors (Lipinski definition) is 1. The van der Waals surface area contributed by atoms with Crippen LogP contribution in [0.25, 0.3) is 10.7 Å². The molecule has 0 aliphatic rings. The minimum atomic E-state index is -0.0463. The summed E-state index contributed by atoms with van der Waals surface area (Å²) in [4.78, 5) is 5.24. The molecule has 2 aromatic rings. The zero-order valence-corrected chi connectivity index (χ0v) is 11.2. The van der Waals surface area contributed by atoms with Gasteiger partial charge >= 0.3 is 0 Å². The first kappa shape index (κ1) is 11.4. The number of aryl methyl sites for hydroxylation is 1. The van der Waals surface area contributed by atoms with E-state index in [4.69, 9.17) is 12.2 Å². The van der Waals surface area contributed by atoms with Crippen LogP contribution in [-0.2, 0) is 12.5 Å². The van der Waals surface area contributed by atoms with Crippen molar-refractivity contribution in [2.45, 2.75) is 26.2 Å². The van der Waals surface area contributed by atoms with Crippen molar-refractivity contribution in [1.29, 1.82) is 0 Å². The summed E-state index contributed by atoms with van der Waals surface area (Å²) in [6.07, 6.45) is 0. The van der Waals surface area contributed by atoms with Gasteiger partial charge < -0.3 is 0 Å². The van der Waals surface area contributed by atoms with E-state index in [1.54, 1.807) is 4.68 Å². The molecule has 16 heavy (non-hydrogen) atoms. The lowest BCUT2D eigenvalue weighted by Gasteiger charge is -2.15. The molecule has 0 amide bonds. The van der Waals surface area contributed by atoms with Crippen molar-refractivity contribution >= 4 is 23.8 Å². The van der Waals surface area contributed by atoms with E-state index in [1.165, 1.54) is 11.5 Å². The van der Waals surface area contributed by atoms with Gasteiger partial charge in [-0.05, 0) is 23.8 Å². The molecule has 0 bridgehead atoms. The van der Waals surface area contributed by atoms with Gasteiger partial charge in [0.1, 0.15) is 4.88 Å². The third kappa shape index (κ3) is 1.92. The van der Waals surface area contributed by atoms with Crippen LogP contribution in [0, 0.1) is 4.77 Å². The van der Waals surface area contributed by atoms with Crippen molar-refractivity contribution in [3.8, 4) is 10.7 Å². The second-order valence-electron chi connectivity index (χ2n) is 4.61. The van der Waals surface area contributed by atoms with Gasteiger partial charge in [0.05, 0.1) is 5.69 Å². The molecule has 0 radical (unpaired) electrons. The average Bonchev–Trinajstić information content (AvgIpc) is 2.72. The van der Waals surface area contributed by atoms with Crippen LogP contribution in [-0.4, -0.2) is 24.4 Å². The zero-order chi connectivity index (χ0) is 11.9. The maximum absolute atomic E-state index is 5.07. The van der Waals surface area contributed by atoms with E-state index in [-0.39, 0.29) is 5.41 Å². The summed E-state index contributed by atoms with van der Waals surface area (Å²) < 4.78 is 6.23. The van der Waals surface area contributed by atoms with Gasteiger partial charge in [0.15, 0.2) is 5.82 Å². The van der Waals surface area contributed by atoms with Crippen LogP contribution in [0.4, 0.5) is 0 Å². The molecule has 0 atom stereocenters. The summed E-state index contributed by atoms with van der Waals surface area (Å²) in [5.74, 6) is 0.743. The Kier molecular flexibility index (Phi) is 2.67. The second-order valence-corrected chi connectivity index (χ2v) is 5.73. The van der Waals surface area contributed by atoms with Crippen LogP contribution in [0.1, 0.15) is 26.5 Å². The summed E-state index contributed by atoms with van der Waals surface area (Å²) in [7, 11) is 1.84. The lowest BCUT2D eigenvalue weighted by atomic mass is 9.91. The molecular weight excluding hydrogens is 242 g/mol. The molecule has 0 unspecified atom stereocenters. The van der Waals surface area contributed by atoms with Crippen molar-refractivity contribution in [2.24, 2.45) is 7.05 Å². The molecule has 0 aromatic carbocycles. The fraction of sp³-hybridized carbons (Fsp3) is 0.556. The summed E-state index contributed by atoms with van der Waals surface area (Å²) in [6.45, 7) is 6.31. The van der Waals surface area contributed by atoms with Gasteiger partial charge in [0.2, 0.25) is 4.77 Å². The molecule has 0 saturated carbocycles. The van der Waals surface area contributed by atoms with Gasteiger partial charge in [-0.1, -0.05) is 25.3 Å². The van der Waals surface area contributed by atoms with Gasteiger partial charge in [-0.2, -0.15) is 4.98 Å². The van der Waals surface area contributed by atoms with E-state index in [9.17, 15) is 0 Å². The fourth-order valence-corrected chi connectivity index (χ4v) is 2.29. The molecule has 2 rings (SSSR count). The monoisotopic (exact) mass is 255 g/mol. The van der Waals surface area contributed by atoms with Gasteiger partial charge in [0.25, 0.3) is 0 Å². The molecule has 0 saturated heterocycles. The average molecular weight is 255 g/mol. The number of aromatic nitrogens is 5. The Morgan fingerprint density at radius 2 is 2.06 bits per heavy atom. The Balaban J connectivity index is 2.57. The molecule has 1 N–H and O–H groups in total. The van der Waals surface area contributed by atoms with Crippen molar-refractivity contribution in [3.05, 3.63) is 10.5 Å². The lowest BCUT2D eigenvalue weighted by molar-refractivity contribution is 0.568. The highest BCUT2D eigenvalue weighted by atomic mass is 32.1. The minimum Gasteiger partial charge on any atom is -0.279 e. The maximum atomic E-state index is 5.07. The molecular formula is C9H13N5S2. The largest absolute Gasteiger partial charge is 0.279 e. The number of hydrogen-bond acceptors (Lipinski definition) is 5. The third-order valence-electron chi connectivity index (χ3n) is 2.18. The molecule has 0 spiro atoms. The number of nitrogens with zero attached hydrogens (tertiary/aromatic N) is 4. The Morgan fingerprint density at radius 3 is 2.56 bits per heavy atom. The number of nitrogens with one attached hydrogen (secondary N) is 1. The molecule has 2 heterocycles. The molecule has 0 fully saturated rings. The van der Waals surface area contributed by atoms with Gasteiger partial charge in [-0.25, -0.2) is 0 Å². The van der Waals surface area contributed by atoms with Gasteiger partial charge in [-0.15, -0.1) is 5.10 Å². The smallest absolute Gasteiger partial charge is 0.216 e. The first-order valence-electron chi connectivity index (χ1n) is 4.86. The summed E-state index contributed by atoms with van der Waals surface area (Å²) in [5, 5.41) is 7.26. The second kappa shape index (κ2) is 3.74. The molecule has 5 nitrogen and oxygen atoms in total. The van der Waals surface area contributed by atoms with Crippen LogP contribution >= 0.6 is 23.8 Å². The molecule has 0 aliphatic carbocycles. The van der Waals surface area contributed by atoms with E-state index < -0.39 is 0 Å². The van der Waals surface area contributed by atoms with Crippen molar-refractivity contribution in [1.82, 2.24) is 24.4 Å². The Bertz CT molecular complexity index is 557.